The van der Waals surface area contributed by atoms with Crippen LogP contribution in [-0.2, 0) is 12.8 Å². The summed E-state index contributed by atoms with van der Waals surface area (Å²) in [6.45, 7) is 3.07. The predicted octanol–water partition coefficient (Wildman–Crippen LogP) is 2.78. The van der Waals surface area contributed by atoms with Gasteiger partial charge in [0.2, 0.25) is 0 Å². The maximum Gasteiger partial charge on any atom is 0.115 e. The molecule has 0 unspecified atom stereocenters. The van der Waals surface area contributed by atoms with Gasteiger partial charge in [-0.2, -0.15) is 0 Å². The van der Waals surface area contributed by atoms with E-state index in [1.165, 1.54) is 16.7 Å². The van der Waals surface area contributed by atoms with E-state index in [0.29, 0.717) is 0 Å². The molecule has 1 aromatic heterocycles. The second-order valence-electron chi connectivity index (χ2n) is 6.27. The van der Waals surface area contributed by atoms with Gasteiger partial charge in [-0.05, 0) is 36.0 Å². The molecule has 1 aliphatic carbocycles. The molecule has 1 aromatic carbocycles. The first-order chi connectivity index (χ1) is 10.8. The van der Waals surface area contributed by atoms with Gasteiger partial charge in [-0.25, -0.2) is 9.97 Å². The van der Waals surface area contributed by atoms with Crippen molar-refractivity contribution >= 4 is 5.84 Å². The molecule has 112 valence electrons. The fraction of sp³-hybridized carbons (Fsp3) is 0.389. The smallest absolute Gasteiger partial charge is 0.115 e. The minimum Gasteiger partial charge on any atom is -0.366 e. The number of fused-ring (bicyclic) bond motifs is 1. The molecule has 0 radical (unpaired) electrons. The molecule has 22 heavy (non-hydrogen) atoms. The molecule has 2 heterocycles. The predicted molar refractivity (Wildman–Crippen MR) is 88.0 cm³/mol. The Bertz CT molecular complexity index is 723. The molecule has 1 aliphatic heterocycles. The number of amidine groups is 1. The van der Waals surface area contributed by atoms with Gasteiger partial charge in [0.25, 0.3) is 0 Å². The summed E-state index contributed by atoms with van der Waals surface area (Å²) in [6.07, 6.45) is 9.66. The van der Waals surface area contributed by atoms with Crippen molar-refractivity contribution in [1.29, 1.82) is 0 Å². The van der Waals surface area contributed by atoms with E-state index in [0.717, 1.165) is 43.6 Å². The third-order valence-corrected chi connectivity index (χ3v) is 4.84. The Hall–Kier alpha value is -2.23. The van der Waals surface area contributed by atoms with Gasteiger partial charge in [0.15, 0.2) is 0 Å². The quantitative estimate of drug-likeness (QED) is 0.926. The minimum atomic E-state index is 0.143. The minimum absolute atomic E-state index is 0.143. The lowest BCUT2D eigenvalue weighted by molar-refractivity contribution is 0.361. The Balaban J connectivity index is 1.68. The van der Waals surface area contributed by atoms with E-state index in [-0.39, 0.29) is 5.54 Å². The number of hydrogen-bond acceptors (Lipinski definition) is 4. The summed E-state index contributed by atoms with van der Waals surface area (Å²) in [5.74, 6) is 1.16. The molecular formula is C18H20N4. The number of rotatable bonds is 2. The van der Waals surface area contributed by atoms with Crippen LogP contribution in [0.5, 0.6) is 0 Å². The number of nitrogens with zero attached hydrogens (tertiary/aromatic N) is 3. The van der Waals surface area contributed by atoms with Crippen LogP contribution in [0.3, 0.4) is 0 Å². The second kappa shape index (κ2) is 5.20. The van der Waals surface area contributed by atoms with Crippen LogP contribution >= 0.6 is 0 Å². The molecule has 1 atom stereocenters. The largest absolute Gasteiger partial charge is 0.366 e. The number of hydrogen-bond donors (Lipinski definition) is 1. The number of benzene rings is 1. The average molecular weight is 292 g/mol. The Kier molecular flexibility index (Phi) is 3.17. The molecule has 0 saturated carbocycles. The maximum absolute atomic E-state index is 4.67. The Morgan fingerprint density at radius 1 is 1.23 bits per heavy atom. The van der Waals surface area contributed by atoms with Crippen molar-refractivity contribution < 1.29 is 0 Å². The first-order valence-electron chi connectivity index (χ1n) is 7.97. The molecule has 0 saturated heterocycles. The van der Waals surface area contributed by atoms with Crippen LogP contribution in [-0.4, -0.2) is 27.9 Å². The van der Waals surface area contributed by atoms with Crippen molar-refractivity contribution in [3.63, 3.8) is 0 Å². The average Bonchev–Trinajstić information content (AvgIpc) is 2.97. The van der Waals surface area contributed by atoms with Crippen molar-refractivity contribution in [1.82, 2.24) is 15.3 Å². The first-order valence-corrected chi connectivity index (χ1v) is 7.97. The van der Waals surface area contributed by atoms with Crippen molar-refractivity contribution in [3.05, 3.63) is 48.0 Å². The molecule has 2 aromatic rings. The Morgan fingerprint density at radius 3 is 2.86 bits per heavy atom. The van der Waals surface area contributed by atoms with Gasteiger partial charge < -0.3 is 5.32 Å². The number of nitrogens with one attached hydrogen (secondary N) is 1. The van der Waals surface area contributed by atoms with Crippen LogP contribution in [0.4, 0.5) is 0 Å². The number of aliphatic imine (C=N–C) groups is 1. The van der Waals surface area contributed by atoms with Gasteiger partial charge >= 0.3 is 0 Å². The number of aromatic nitrogens is 2. The van der Waals surface area contributed by atoms with Crippen molar-refractivity contribution in [2.24, 2.45) is 4.99 Å². The molecule has 1 spiro atoms. The van der Waals surface area contributed by atoms with Crippen LogP contribution in [0.15, 0.2) is 41.9 Å². The van der Waals surface area contributed by atoms with E-state index in [4.69, 9.17) is 0 Å². The van der Waals surface area contributed by atoms with Crippen LogP contribution in [0.1, 0.15) is 30.9 Å². The third-order valence-electron chi connectivity index (χ3n) is 4.84. The van der Waals surface area contributed by atoms with Crippen LogP contribution in [0, 0.1) is 0 Å². The lowest BCUT2D eigenvalue weighted by Gasteiger charge is -2.36. The van der Waals surface area contributed by atoms with E-state index in [1.54, 1.807) is 6.33 Å². The third kappa shape index (κ3) is 2.19. The van der Waals surface area contributed by atoms with Gasteiger partial charge in [0, 0.05) is 24.4 Å². The van der Waals surface area contributed by atoms with E-state index >= 15 is 0 Å². The molecule has 4 rings (SSSR count). The fourth-order valence-corrected chi connectivity index (χ4v) is 3.70. The monoisotopic (exact) mass is 292 g/mol. The van der Waals surface area contributed by atoms with Crippen molar-refractivity contribution in [2.45, 2.75) is 38.1 Å². The SMILES string of the molecule is CCC1=NC[C@@]2(CCc3c(cccc3-c3cncnc3)C2)N1. The summed E-state index contributed by atoms with van der Waals surface area (Å²) in [4.78, 5) is 13.0. The fourth-order valence-electron chi connectivity index (χ4n) is 3.70. The van der Waals surface area contributed by atoms with Crippen LogP contribution < -0.4 is 5.32 Å². The Morgan fingerprint density at radius 2 is 2.09 bits per heavy atom. The molecular weight excluding hydrogens is 272 g/mol. The van der Waals surface area contributed by atoms with Gasteiger partial charge in [0.05, 0.1) is 17.9 Å². The highest BCUT2D eigenvalue weighted by molar-refractivity contribution is 5.84. The Labute approximate surface area is 130 Å². The summed E-state index contributed by atoms with van der Waals surface area (Å²) in [7, 11) is 0. The summed E-state index contributed by atoms with van der Waals surface area (Å²) < 4.78 is 0. The zero-order valence-electron chi connectivity index (χ0n) is 12.8. The van der Waals surface area contributed by atoms with Gasteiger partial charge in [-0.15, -0.1) is 0 Å². The van der Waals surface area contributed by atoms with E-state index in [1.807, 2.05) is 12.4 Å². The molecule has 1 N–H and O–H groups in total. The highest BCUT2D eigenvalue weighted by atomic mass is 15.1. The lowest BCUT2D eigenvalue weighted by Crippen LogP contribution is -2.49. The molecule has 4 nitrogen and oxygen atoms in total. The summed E-state index contributed by atoms with van der Waals surface area (Å²) in [6, 6.07) is 6.59. The van der Waals surface area contributed by atoms with E-state index < -0.39 is 0 Å². The zero-order chi connectivity index (χ0) is 15.0. The van der Waals surface area contributed by atoms with Crippen molar-refractivity contribution in [3.8, 4) is 11.1 Å². The zero-order valence-corrected chi connectivity index (χ0v) is 12.8. The molecule has 2 aliphatic rings. The molecule has 0 amide bonds. The molecule has 0 fully saturated rings. The van der Waals surface area contributed by atoms with E-state index in [9.17, 15) is 0 Å². The van der Waals surface area contributed by atoms with Crippen molar-refractivity contribution in [2.75, 3.05) is 6.54 Å². The van der Waals surface area contributed by atoms with Gasteiger partial charge in [0.1, 0.15) is 6.33 Å². The topological polar surface area (TPSA) is 50.2 Å². The van der Waals surface area contributed by atoms with Gasteiger partial charge in [-0.3, -0.25) is 4.99 Å². The standard InChI is InChI=1S/C18H20N4/c1-2-17-21-11-18(22-17)7-6-16-13(8-18)4-3-5-15(16)14-9-19-12-20-10-14/h3-5,9-10,12H,2,6-8,11H2,1H3,(H,21,22)/t18-/m0/s1. The van der Waals surface area contributed by atoms with Gasteiger partial charge in [-0.1, -0.05) is 25.1 Å². The molecule has 4 heteroatoms. The summed E-state index contributed by atoms with van der Waals surface area (Å²) >= 11 is 0. The first kappa shape index (κ1) is 13.4. The van der Waals surface area contributed by atoms with Crippen LogP contribution in [0.25, 0.3) is 11.1 Å². The van der Waals surface area contributed by atoms with E-state index in [2.05, 4.69) is 45.4 Å². The second-order valence-corrected chi connectivity index (χ2v) is 6.27. The molecule has 0 bridgehead atoms. The lowest BCUT2D eigenvalue weighted by atomic mass is 9.76. The summed E-state index contributed by atoms with van der Waals surface area (Å²) in [5.41, 5.74) is 5.43. The van der Waals surface area contributed by atoms with Crippen LogP contribution in [0.2, 0.25) is 0 Å². The highest BCUT2D eigenvalue weighted by Crippen LogP contribution is 2.36. The maximum atomic E-state index is 4.67. The highest BCUT2D eigenvalue weighted by Gasteiger charge is 2.38. The normalized spacial score (nSPS) is 23.0. The summed E-state index contributed by atoms with van der Waals surface area (Å²) in [5, 5.41) is 3.68.